The maximum Gasteiger partial charge on any atom is 0.245 e. The highest BCUT2D eigenvalue weighted by atomic mass is 32.1. The number of carbonyl (C=O) groups is 1. The van der Waals surface area contributed by atoms with E-state index in [0.717, 1.165) is 10.5 Å². The van der Waals surface area contributed by atoms with Crippen LogP contribution in [0.15, 0.2) is 10.4 Å². The fraction of sp³-hybridized carbons (Fsp3) is 0.429. The maximum atomic E-state index is 10.6. The first kappa shape index (κ1) is 8.20. The molecule has 0 bridgehead atoms. The topological polar surface area (TPSA) is 34.4 Å². The van der Waals surface area contributed by atoms with Gasteiger partial charge in [-0.2, -0.15) is 4.99 Å². The molecule has 0 aliphatic rings. The SMILES string of the molecule is CC(=O)N=c1scc(C)n1C. The summed E-state index contributed by atoms with van der Waals surface area (Å²) in [6.45, 7) is 3.44. The Morgan fingerprint density at radius 2 is 2.36 bits per heavy atom. The third-order valence-corrected chi connectivity index (χ3v) is 2.44. The van der Waals surface area contributed by atoms with E-state index < -0.39 is 0 Å². The minimum Gasteiger partial charge on any atom is -0.324 e. The number of amides is 1. The second-order valence-electron chi connectivity index (χ2n) is 2.35. The Bertz CT molecular complexity index is 334. The van der Waals surface area contributed by atoms with Gasteiger partial charge in [0.05, 0.1) is 0 Å². The van der Waals surface area contributed by atoms with Gasteiger partial charge < -0.3 is 4.57 Å². The van der Waals surface area contributed by atoms with Gasteiger partial charge in [-0.1, -0.05) is 0 Å². The molecule has 11 heavy (non-hydrogen) atoms. The molecular formula is C7H10N2OS. The lowest BCUT2D eigenvalue weighted by atomic mass is 10.6. The van der Waals surface area contributed by atoms with Crippen LogP contribution in [0.3, 0.4) is 0 Å². The third kappa shape index (κ3) is 1.77. The highest BCUT2D eigenvalue weighted by Crippen LogP contribution is 1.95. The van der Waals surface area contributed by atoms with Crippen molar-refractivity contribution in [1.82, 2.24) is 4.57 Å². The average molecular weight is 170 g/mol. The second kappa shape index (κ2) is 3.00. The molecule has 0 saturated carbocycles. The van der Waals surface area contributed by atoms with E-state index >= 15 is 0 Å². The molecule has 1 heterocycles. The van der Waals surface area contributed by atoms with Gasteiger partial charge in [-0.3, -0.25) is 4.79 Å². The van der Waals surface area contributed by atoms with Crippen molar-refractivity contribution in [2.75, 3.05) is 0 Å². The number of hydrogen-bond donors (Lipinski definition) is 0. The molecule has 3 nitrogen and oxygen atoms in total. The molecule has 1 rings (SSSR count). The number of thiazole rings is 1. The first-order chi connectivity index (χ1) is 5.11. The average Bonchev–Trinajstić information content (AvgIpc) is 2.18. The molecule has 1 aromatic heterocycles. The van der Waals surface area contributed by atoms with E-state index in [2.05, 4.69) is 4.99 Å². The second-order valence-corrected chi connectivity index (χ2v) is 3.19. The molecular weight excluding hydrogens is 160 g/mol. The number of aryl methyl sites for hydroxylation is 1. The first-order valence-corrected chi connectivity index (χ1v) is 4.15. The van der Waals surface area contributed by atoms with Crippen LogP contribution in [0.4, 0.5) is 0 Å². The van der Waals surface area contributed by atoms with E-state index in [0.29, 0.717) is 0 Å². The van der Waals surface area contributed by atoms with E-state index in [9.17, 15) is 4.79 Å². The molecule has 0 aliphatic carbocycles. The monoisotopic (exact) mass is 170 g/mol. The zero-order valence-corrected chi connectivity index (χ0v) is 7.60. The number of aromatic nitrogens is 1. The molecule has 0 unspecified atom stereocenters. The van der Waals surface area contributed by atoms with Crippen molar-refractivity contribution < 1.29 is 4.79 Å². The molecule has 0 aliphatic heterocycles. The first-order valence-electron chi connectivity index (χ1n) is 3.27. The molecule has 1 aromatic rings. The lowest BCUT2D eigenvalue weighted by Crippen LogP contribution is -2.13. The smallest absolute Gasteiger partial charge is 0.245 e. The molecule has 60 valence electrons. The predicted octanol–water partition coefficient (Wildman–Crippen LogP) is 0.842. The fourth-order valence-corrected chi connectivity index (χ4v) is 1.60. The Balaban J connectivity index is 3.25. The zero-order valence-electron chi connectivity index (χ0n) is 6.79. The minimum atomic E-state index is -0.151. The highest BCUT2D eigenvalue weighted by molar-refractivity contribution is 7.07. The highest BCUT2D eigenvalue weighted by Gasteiger charge is 1.94. The molecule has 0 atom stereocenters. The van der Waals surface area contributed by atoms with Crippen molar-refractivity contribution in [2.24, 2.45) is 12.0 Å². The number of hydrogen-bond acceptors (Lipinski definition) is 2. The van der Waals surface area contributed by atoms with Crippen molar-refractivity contribution in [2.45, 2.75) is 13.8 Å². The van der Waals surface area contributed by atoms with Gasteiger partial charge >= 0.3 is 0 Å². The van der Waals surface area contributed by atoms with Crippen LogP contribution in [0, 0.1) is 6.92 Å². The van der Waals surface area contributed by atoms with Gasteiger partial charge in [-0.05, 0) is 6.92 Å². The third-order valence-electron chi connectivity index (χ3n) is 1.40. The summed E-state index contributed by atoms with van der Waals surface area (Å²) in [5, 5.41) is 1.97. The molecule has 0 N–H and O–H groups in total. The van der Waals surface area contributed by atoms with Crippen LogP contribution in [-0.4, -0.2) is 10.5 Å². The normalized spacial score (nSPS) is 12.1. The van der Waals surface area contributed by atoms with Crippen LogP contribution in [0.25, 0.3) is 0 Å². The number of nitrogens with zero attached hydrogens (tertiary/aromatic N) is 2. The van der Waals surface area contributed by atoms with Gasteiger partial charge in [0.2, 0.25) is 5.91 Å². The van der Waals surface area contributed by atoms with E-state index in [1.54, 1.807) is 0 Å². The number of carbonyl (C=O) groups excluding carboxylic acids is 1. The number of rotatable bonds is 0. The summed E-state index contributed by atoms with van der Waals surface area (Å²) in [4.78, 5) is 15.2. The molecule has 0 aromatic carbocycles. The minimum absolute atomic E-state index is 0.151. The van der Waals surface area contributed by atoms with Gasteiger partial charge in [-0.25, -0.2) is 0 Å². The van der Waals surface area contributed by atoms with E-state index in [1.165, 1.54) is 18.3 Å². The Labute approximate surface area is 69.0 Å². The van der Waals surface area contributed by atoms with Crippen molar-refractivity contribution in [1.29, 1.82) is 0 Å². The van der Waals surface area contributed by atoms with Crippen molar-refractivity contribution in [3.63, 3.8) is 0 Å². The lowest BCUT2D eigenvalue weighted by molar-refractivity contribution is -0.116. The van der Waals surface area contributed by atoms with Gasteiger partial charge in [0.1, 0.15) is 0 Å². The van der Waals surface area contributed by atoms with E-state index in [1.807, 2.05) is 23.9 Å². The van der Waals surface area contributed by atoms with Crippen molar-refractivity contribution in [3.05, 3.63) is 15.9 Å². The summed E-state index contributed by atoms with van der Waals surface area (Å²) >= 11 is 1.48. The molecule has 0 fully saturated rings. The Morgan fingerprint density at radius 1 is 1.73 bits per heavy atom. The Morgan fingerprint density at radius 3 is 2.73 bits per heavy atom. The summed E-state index contributed by atoms with van der Waals surface area (Å²) in [5.41, 5.74) is 1.12. The summed E-state index contributed by atoms with van der Waals surface area (Å²) < 4.78 is 1.89. The molecule has 1 amide bonds. The maximum absolute atomic E-state index is 10.6. The Kier molecular flexibility index (Phi) is 2.24. The molecule has 4 heteroatoms. The van der Waals surface area contributed by atoms with E-state index in [-0.39, 0.29) is 5.91 Å². The summed E-state index contributed by atoms with van der Waals surface area (Å²) in [6, 6.07) is 0. The van der Waals surface area contributed by atoms with Crippen LogP contribution >= 0.6 is 11.3 Å². The largest absolute Gasteiger partial charge is 0.324 e. The molecule has 0 saturated heterocycles. The summed E-state index contributed by atoms with van der Waals surface area (Å²) in [6.07, 6.45) is 0. The van der Waals surface area contributed by atoms with Crippen LogP contribution in [0.5, 0.6) is 0 Å². The van der Waals surface area contributed by atoms with Gasteiger partial charge in [0.25, 0.3) is 0 Å². The van der Waals surface area contributed by atoms with Crippen LogP contribution < -0.4 is 4.80 Å². The van der Waals surface area contributed by atoms with Crippen LogP contribution in [0.1, 0.15) is 12.6 Å². The molecule has 0 radical (unpaired) electrons. The van der Waals surface area contributed by atoms with Gasteiger partial charge in [-0.15, -0.1) is 11.3 Å². The standard InChI is InChI=1S/C7H10N2OS/c1-5-4-11-7(9(5)3)8-6(2)10/h4H,1-3H3. The quantitative estimate of drug-likeness (QED) is 0.568. The summed E-state index contributed by atoms with van der Waals surface area (Å²) in [5.74, 6) is -0.151. The van der Waals surface area contributed by atoms with E-state index in [4.69, 9.17) is 0 Å². The van der Waals surface area contributed by atoms with Crippen LogP contribution in [-0.2, 0) is 11.8 Å². The Hall–Kier alpha value is -0.900. The van der Waals surface area contributed by atoms with Gasteiger partial charge in [0, 0.05) is 25.0 Å². The van der Waals surface area contributed by atoms with Crippen LogP contribution in [0.2, 0.25) is 0 Å². The molecule has 0 spiro atoms. The van der Waals surface area contributed by atoms with Crippen molar-refractivity contribution in [3.8, 4) is 0 Å². The van der Waals surface area contributed by atoms with Gasteiger partial charge in [0.15, 0.2) is 4.80 Å². The zero-order chi connectivity index (χ0) is 8.43. The van der Waals surface area contributed by atoms with Crippen molar-refractivity contribution >= 4 is 17.2 Å². The fourth-order valence-electron chi connectivity index (χ4n) is 0.683. The predicted molar refractivity (Wildman–Crippen MR) is 44.3 cm³/mol. The lowest BCUT2D eigenvalue weighted by Gasteiger charge is -1.91. The summed E-state index contributed by atoms with van der Waals surface area (Å²) in [7, 11) is 1.90.